The van der Waals surface area contributed by atoms with Crippen LogP contribution in [0.1, 0.15) is 62.3 Å². The van der Waals surface area contributed by atoms with E-state index in [4.69, 9.17) is 4.98 Å². The van der Waals surface area contributed by atoms with E-state index in [1.807, 2.05) is 23.1 Å². The summed E-state index contributed by atoms with van der Waals surface area (Å²) in [6.07, 6.45) is 6.30. The van der Waals surface area contributed by atoms with Crippen molar-refractivity contribution in [1.82, 2.24) is 20.1 Å². The lowest BCUT2D eigenvalue weighted by Crippen LogP contribution is -2.44. The average Bonchev–Trinajstić information content (AvgIpc) is 3.48. The topological polar surface area (TPSA) is 82.6 Å². The molecular formula is C23H28N4O3S. The second-order valence-corrected chi connectivity index (χ2v) is 10.0. The summed E-state index contributed by atoms with van der Waals surface area (Å²) in [6, 6.07) is 7.86. The predicted octanol–water partition coefficient (Wildman–Crippen LogP) is 3.65. The van der Waals surface area contributed by atoms with E-state index in [2.05, 4.69) is 11.4 Å². The first-order valence-electron chi connectivity index (χ1n) is 11.3. The number of aromatic nitrogens is 1. The van der Waals surface area contributed by atoms with Crippen LogP contribution in [0.3, 0.4) is 0 Å². The van der Waals surface area contributed by atoms with Gasteiger partial charge in [0.25, 0.3) is 5.91 Å². The standard InChI is InChI=1S/C23H28N4O3S/c28-19(10-6-14-27-21(29)23(25-22(27)30)11-3-4-12-23)26-13-5-7-16(15-26)20-24-17-8-1-2-9-18(17)31-20/h1-2,8-9,16H,3-7,10-15H2,(H,25,30)/t16-/m0/s1. The minimum Gasteiger partial charge on any atom is -0.342 e. The molecule has 8 heteroatoms. The summed E-state index contributed by atoms with van der Waals surface area (Å²) in [5, 5.41) is 4.01. The fourth-order valence-corrected chi connectivity index (χ4v) is 6.31. The number of benzene rings is 1. The molecule has 164 valence electrons. The van der Waals surface area contributed by atoms with Crippen molar-refractivity contribution in [3.8, 4) is 0 Å². The fourth-order valence-electron chi connectivity index (χ4n) is 5.21. The van der Waals surface area contributed by atoms with E-state index in [9.17, 15) is 14.4 Å². The average molecular weight is 441 g/mol. The van der Waals surface area contributed by atoms with Gasteiger partial charge in [0.15, 0.2) is 0 Å². The molecule has 1 N–H and O–H groups in total. The number of piperidine rings is 1. The Morgan fingerprint density at radius 2 is 2.00 bits per heavy atom. The Kier molecular flexibility index (Phi) is 5.42. The smallest absolute Gasteiger partial charge is 0.325 e. The molecule has 1 aliphatic carbocycles. The Balaban J connectivity index is 1.15. The van der Waals surface area contributed by atoms with Gasteiger partial charge in [-0.2, -0.15) is 0 Å². The van der Waals surface area contributed by atoms with Crippen molar-refractivity contribution in [1.29, 1.82) is 0 Å². The molecule has 0 radical (unpaired) electrons. The first-order chi connectivity index (χ1) is 15.1. The van der Waals surface area contributed by atoms with Gasteiger partial charge in [-0.05, 0) is 44.2 Å². The predicted molar refractivity (Wildman–Crippen MR) is 119 cm³/mol. The van der Waals surface area contributed by atoms with E-state index in [1.165, 1.54) is 9.60 Å². The van der Waals surface area contributed by atoms with E-state index < -0.39 is 5.54 Å². The number of carbonyl (C=O) groups excluding carboxylic acids is 3. The second kappa shape index (κ2) is 8.22. The number of hydrogen-bond donors (Lipinski definition) is 1. The van der Waals surface area contributed by atoms with Crippen LogP contribution in [0.2, 0.25) is 0 Å². The molecule has 0 bridgehead atoms. The summed E-state index contributed by atoms with van der Waals surface area (Å²) >= 11 is 1.72. The molecular weight excluding hydrogens is 412 g/mol. The van der Waals surface area contributed by atoms with Crippen molar-refractivity contribution >= 4 is 39.4 Å². The van der Waals surface area contributed by atoms with Gasteiger partial charge >= 0.3 is 6.03 Å². The molecule has 3 aliphatic rings. The van der Waals surface area contributed by atoms with E-state index in [1.54, 1.807) is 11.3 Å². The van der Waals surface area contributed by atoms with Crippen LogP contribution in [-0.4, -0.2) is 57.8 Å². The maximum atomic E-state index is 12.8. The van der Waals surface area contributed by atoms with Crippen LogP contribution < -0.4 is 5.32 Å². The maximum absolute atomic E-state index is 12.8. The number of amides is 4. The first kappa shape index (κ1) is 20.4. The largest absolute Gasteiger partial charge is 0.342 e. The number of para-hydroxylation sites is 1. The van der Waals surface area contributed by atoms with Crippen LogP contribution >= 0.6 is 11.3 Å². The molecule has 2 saturated heterocycles. The van der Waals surface area contributed by atoms with Crippen LogP contribution in [-0.2, 0) is 9.59 Å². The number of nitrogens with one attached hydrogen (secondary N) is 1. The van der Waals surface area contributed by atoms with Gasteiger partial charge in [-0.25, -0.2) is 9.78 Å². The lowest BCUT2D eigenvalue weighted by Gasteiger charge is -2.32. The third-order valence-electron chi connectivity index (χ3n) is 6.91. The summed E-state index contributed by atoms with van der Waals surface area (Å²) < 4.78 is 1.19. The van der Waals surface area contributed by atoms with Gasteiger partial charge in [-0.1, -0.05) is 25.0 Å². The lowest BCUT2D eigenvalue weighted by molar-refractivity contribution is -0.134. The van der Waals surface area contributed by atoms with Crippen molar-refractivity contribution in [2.24, 2.45) is 0 Å². The zero-order valence-electron chi connectivity index (χ0n) is 17.6. The number of hydrogen-bond acceptors (Lipinski definition) is 5. The molecule has 1 aromatic heterocycles. The molecule has 4 amide bonds. The molecule has 7 nitrogen and oxygen atoms in total. The van der Waals surface area contributed by atoms with Gasteiger partial charge < -0.3 is 10.2 Å². The molecule has 31 heavy (non-hydrogen) atoms. The van der Waals surface area contributed by atoms with E-state index in [0.29, 0.717) is 25.9 Å². The number of nitrogens with zero attached hydrogens (tertiary/aromatic N) is 3. The molecule has 2 aromatic rings. The number of imide groups is 1. The highest BCUT2D eigenvalue weighted by Crippen LogP contribution is 2.35. The van der Waals surface area contributed by atoms with Crippen LogP contribution in [0.25, 0.3) is 10.2 Å². The van der Waals surface area contributed by atoms with Crippen LogP contribution in [0.4, 0.5) is 4.79 Å². The van der Waals surface area contributed by atoms with Crippen molar-refractivity contribution in [2.45, 2.75) is 62.8 Å². The fraction of sp³-hybridized carbons (Fsp3) is 0.565. The highest BCUT2D eigenvalue weighted by molar-refractivity contribution is 7.18. The Hall–Kier alpha value is -2.48. The molecule has 1 aromatic carbocycles. The summed E-state index contributed by atoms with van der Waals surface area (Å²) in [4.78, 5) is 45.9. The number of likely N-dealkylation sites (tertiary alicyclic amines) is 1. The summed E-state index contributed by atoms with van der Waals surface area (Å²) in [7, 11) is 0. The Morgan fingerprint density at radius 3 is 2.81 bits per heavy atom. The molecule has 1 saturated carbocycles. The molecule has 1 spiro atoms. The maximum Gasteiger partial charge on any atom is 0.325 e. The van der Waals surface area contributed by atoms with Gasteiger partial charge in [-0.15, -0.1) is 11.3 Å². The minimum absolute atomic E-state index is 0.101. The molecule has 1 atom stereocenters. The summed E-state index contributed by atoms with van der Waals surface area (Å²) in [5.41, 5.74) is 0.359. The molecule has 3 heterocycles. The zero-order valence-corrected chi connectivity index (χ0v) is 18.5. The van der Waals surface area contributed by atoms with E-state index in [-0.39, 0.29) is 23.8 Å². The minimum atomic E-state index is -0.668. The number of rotatable bonds is 5. The Morgan fingerprint density at radius 1 is 1.19 bits per heavy atom. The van der Waals surface area contributed by atoms with Crippen molar-refractivity contribution < 1.29 is 14.4 Å². The number of fused-ring (bicyclic) bond motifs is 1. The van der Waals surface area contributed by atoms with Crippen molar-refractivity contribution in [3.63, 3.8) is 0 Å². The highest BCUT2D eigenvalue weighted by Gasteiger charge is 2.52. The molecule has 0 unspecified atom stereocenters. The number of thiazole rings is 1. The lowest BCUT2D eigenvalue weighted by atomic mass is 9.98. The molecule has 3 fully saturated rings. The van der Waals surface area contributed by atoms with Crippen molar-refractivity contribution in [3.05, 3.63) is 29.3 Å². The number of urea groups is 1. The molecule has 2 aliphatic heterocycles. The van der Waals surface area contributed by atoms with Gasteiger partial charge in [0.1, 0.15) is 5.54 Å². The van der Waals surface area contributed by atoms with E-state index in [0.717, 1.165) is 55.6 Å². The molecule has 5 rings (SSSR count). The van der Waals surface area contributed by atoms with Gasteiger partial charge in [-0.3, -0.25) is 14.5 Å². The second-order valence-electron chi connectivity index (χ2n) is 8.98. The van der Waals surface area contributed by atoms with E-state index >= 15 is 0 Å². The monoisotopic (exact) mass is 440 g/mol. The normalized spacial score (nSPS) is 23.2. The van der Waals surface area contributed by atoms with Gasteiger partial charge in [0, 0.05) is 32.0 Å². The van der Waals surface area contributed by atoms with Crippen LogP contribution in [0.5, 0.6) is 0 Å². The summed E-state index contributed by atoms with van der Waals surface area (Å²) in [6.45, 7) is 1.78. The van der Waals surface area contributed by atoms with Crippen LogP contribution in [0.15, 0.2) is 24.3 Å². The van der Waals surface area contributed by atoms with Crippen LogP contribution in [0, 0.1) is 0 Å². The SMILES string of the molecule is O=C(CCCN1C(=O)NC2(CCCC2)C1=O)N1CCC[C@H](c2nc3ccccc3s2)C1. The zero-order chi connectivity index (χ0) is 21.4. The van der Waals surface area contributed by atoms with Crippen molar-refractivity contribution in [2.75, 3.05) is 19.6 Å². The highest BCUT2D eigenvalue weighted by atomic mass is 32.1. The quantitative estimate of drug-likeness (QED) is 0.720. The Bertz CT molecular complexity index is 980. The first-order valence-corrected chi connectivity index (χ1v) is 12.1. The summed E-state index contributed by atoms with van der Waals surface area (Å²) in [5.74, 6) is 0.285. The third-order valence-corrected chi connectivity index (χ3v) is 8.11. The third kappa shape index (κ3) is 3.82. The van der Waals surface area contributed by atoms with Gasteiger partial charge in [0.2, 0.25) is 5.91 Å². The Labute approximate surface area is 185 Å². The number of carbonyl (C=O) groups is 3. The van der Waals surface area contributed by atoms with Gasteiger partial charge in [0.05, 0.1) is 15.2 Å².